The van der Waals surface area contributed by atoms with Crippen molar-refractivity contribution in [2.75, 3.05) is 0 Å². The summed E-state index contributed by atoms with van der Waals surface area (Å²) in [6, 6.07) is 9.54. The van der Waals surface area contributed by atoms with Crippen molar-refractivity contribution in [3.05, 3.63) is 45.8 Å². The third kappa shape index (κ3) is 2.98. The van der Waals surface area contributed by atoms with Crippen LogP contribution in [0.1, 0.15) is 26.6 Å². The molecule has 0 aliphatic heterocycles. The number of nitrogens with zero attached hydrogens (tertiary/aromatic N) is 1. The van der Waals surface area contributed by atoms with Crippen molar-refractivity contribution in [1.82, 2.24) is 9.97 Å². The van der Waals surface area contributed by atoms with Gasteiger partial charge < -0.3 is 4.98 Å². The van der Waals surface area contributed by atoms with Gasteiger partial charge in [-0.1, -0.05) is 56.7 Å². The first-order valence-electron chi connectivity index (χ1n) is 5.74. The van der Waals surface area contributed by atoms with E-state index in [-0.39, 0.29) is 5.41 Å². The van der Waals surface area contributed by atoms with E-state index in [4.69, 9.17) is 23.8 Å². The molecule has 1 aromatic heterocycles. The van der Waals surface area contributed by atoms with Crippen molar-refractivity contribution < 1.29 is 0 Å². The van der Waals surface area contributed by atoms with E-state index in [1.54, 1.807) is 0 Å². The van der Waals surface area contributed by atoms with Gasteiger partial charge in [0.2, 0.25) is 0 Å². The van der Waals surface area contributed by atoms with Gasteiger partial charge in [-0.25, -0.2) is 4.98 Å². The molecule has 0 aliphatic rings. The van der Waals surface area contributed by atoms with Crippen LogP contribution in [0, 0.1) is 4.64 Å². The summed E-state index contributed by atoms with van der Waals surface area (Å²) < 4.78 is 0.601. The van der Waals surface area contributed by atoms with E-state index in [0.29, 0.717) is 4.64 Å². The first kappa shape index (κ1) is 13.2. The summed E-state index contributed by atoms with van der Waals surface area (Å²) in [6.45, 7) is 6.31. The molecule has 1 heterocycles. The van der Waals surface area contributed by atoms with Crippen molar-refractivity contribution in [1.29, 1.82) is 0 Å². The van der Waals surface area contributed by atoms with E-state index in [2.05, 4.69) is 30.7 Å². The van der Waals surface area contributed by atoms with Gasteiger partial charge in [0.25, 0.3) is 0 Å². The van der Waals surface area contributed by atoms with Gasteiger partial charge in [-0.05, 0) is 23.8 Å². The predicted molar refractivity (Wildman–Crippen MR) is 78.6 cm³/mol. The van der Waals surface area contributed by atoms with Crippen LogP contribution >= 0.6 is 23.8 Å². The lowest BCUT2D eigenvalue weighted by Crippen LogP contribution is -2.16. The fourth-order valence-electron chi connectivity index (χ4n) is 1.60. The van der Waals surface area contributed by atoms with Crippen LogP contribution in [0.15, 0.2) is 30.3 Å². The predicted octanol–water partition coefficient (Wildman–Crippen LogP) is 4.76. The third-order valence-corrected chi connectivity index (χ3v) is 3.07. The average Bonchev–Trinajstić information content (AvgIpc) is 2.28. The van der Waals surface area contributed by atoms with Crippen molar-refractivity contribution in [3.8, 4) is 11.3 Å². The zero-order valence-electron chi connectivity index (χ0n) is 10.6. The Morgan fingerprint density at radius 3 is 2.33 bits per heavy atom. The third-order valence-electron chi connectivity index (χ3n) is 2.61. The Kier molecular flexibility index (Phi) is 3.55. The topological polar surface area (TPSA) is 28.7 Å². The summed E-state index contributed by atoms with van der Waals surface area (Å²) in [4.78, 5) is 7.72. The van der Waals surface area contributed by atoms with Crippen LogP contribution in [-0.4, -0.2) is 9.97 Å². The fourth-order valence-corrected chi connectivity index (χ4v) is 1.93. The van der Waals surface area contributed by atoms with Gasteiger partial charge in [0.15, 0.2) is 0 Å². The summed E-state index contributed by atoms with van der Waals surface area (Å²) >= 11 is 11.1. The Morgan fingerprint density at radius 2 is 1.78 bits per heavy atom. The minimum absolute atomic E-state index is 0.0595. The molecular formula is C14H15ClN2S. The van der Waals surface area contributed by atoms with E-state index in [1.165, 1.54) is 0 Å². The lowest BCUT2D eigenvalue weighted by Gasteiger charge is -2.18. The van der Waals surface area contributed by atoms with Crippen LogP contribution < -0.4 is 0 Å². The highest BCUT2D eigenvalue weighted by Crippen LogP contribution is 2.23. The first-order chi connectivity index (χ1) is 8.36. The van der Waals surface area contributed by atoms with E-state index < -0.39 is 0 Å². The van der Waals surface area contributed by atoms with E-state index in [9.17, 15) is 0 Å². The monoisotopic (exact) mass is 278 g/mol. The van der Waals surface area contributed by atoms with Crippen molar-refractivity contribution in [2.45, 2.75) is 26.2 Å². The largest absolute Gasteiger partial charge is 0.343 e. The summed E-state index contributed by atoms with van der Waals surface area (Å²) in [7, 11) is 0. The number of hydrogen-bond acceptors (Lipinski definition) is 2. The molecule has 0 unspecified atom stereocenters. The molecule has 2 rings (SSSR count). The molecule has 0 bridgehead atoms. The fraction of sp³-hybridized carbons (Fsp3) is 0.286. The minimum Gasteiger partial charge on any atom is -0.343 e. The zero-order valence-corrected chi connectivity index (χ0v) is 12.2. The van der Waals surface area contributed by atoms with Gasteiger partial charge in [-0.2, -0.15) is 0 Å². The van der Waals surface area contributed by atoms with Gasteiger partial charge in [0.05, 0.1) is 0 Å². The van der Waals surface area contributed by atoms with Gasteiger partial charge in [0, 0.05) is 16.1 Å². The van der Waals surface area contributed by atoms with Gasteiger partial charge in [-0.15, -0.1) is 0 Å². The molecular weight excluding hydrogens is 264 g/mol. The normalized spacial score (nSPS) is 11.6. The number of hydrogen-bond donors (Lipinski definition) is 1. The molecule has 0 spiro atoms. The van der Waals surface area contributed by atoms with E-state index in [1.807, 2.05) is 30.3 Å². The summed E-state index contributed by atoms with van der Waals surface area (Å²) in [5, 5.41) is 0.724. The van der Waals surface area contributed by atoms with Crippen LogP contribution in [0.2, 0.25) is 5.02 Å². The Balaban J connectivity index is 2.55. The SMILES string of the molecule is CC(C)(C)c1nc(=S)cc(-c2ccc(Cl)cc2)[nH]1. The van der Waals surface area contributed by atoms with E-state index in [0.717, 1.165) is 22.1 Å². The molecule has 4 heteroatoms. The molecule has 0 amide bonds. The summed E-state index contributed by atoms with van der Waals surface area (Å²) in [5.74, 6) is 0.889. The highest BCUT2D eigenvalue weighted by molar-refractivity contribution is 7.71. The minimum atomic E-state index is -0.0595. The Labute approximate surface area is 117 Å². The lowest BCUT2D eigenvalue weighted by molar-refractivity contribution is 0.545. The number of halogens is 1. The van der Waals surface area contributed by atoms with Crippen molar-refractivity contribution >= 4 is 23.8 Å². The van der Waals surface area contributed by atoms with Crippen LogP contribution in [0.5, 0.6) is 0 Å². The Bertz CT molecular complexity index is 609. The van der Waals surface area contributed by atoms with Gasteiger partial charge >= 0.3 is 0 Å². The molecule has 0 aliphatic carbocycles. The molecule has 2 aromatic rings. The quantitative estimate of drug-likeness (QED) is 0.762. The standard InChI is InChI=1S/C14H15ClN2S/c1-14(2,3)13-16-11(8-12(18)17-13)9-4-6-10(15)7-5-9/h4-8H,1-3H3,(H,16,17,18). The molecule has 94 valence electrons. The summed E-state index contributed by atoms with van der Waals surface area (Å²) in [6.07, 6.45) is 0. The number of nitrogens with one attached hydrogen (secondary N) is 1. The number of aromatic amines is 1. The molecule has 0 saturated carbocycles. The molecule has 1 N–H and O–H groups in total. The van der Waals surface area contributed by atoms with E-state index >= 15 is 0 Å². The van der Waals surface area contributed by atoms with Crippen molar-refractivity contribution in [2.24, 2.45) is 0 Å². The second kappa shape index (κ2) is 4.82. The molecule has 0 saturated heterocycles. The number of H-pyrrole nitrogens is 1. The van der Waals surface area contributed by atoms with Crippen LogP contribution in [-0.2, 0) is 5.41 Å². The first-order valence-corrected chi connectivity index (χ1v) is 6.53. The maximum absolute atomic E-state index is 5.89. The molecule has 0 atom stereocenters. The maximum atomic E-state index is 5.89. The highest BCUT2D eigenvalue weighted by atomic mass is 35.5. The van der Waals surface area contributed by atoms with Crippen LogP contribution in [0.25, 0.3) is 11.3 Å². The molecule has 2 nitrogen and oxygen atoms in total. The average molecular weight is 279 g/mol. The number of aromatic nitrogens is 2. The van der Waals surface area contributed by atoms with Crippen LogP contribution in [0.3, 0.4) is 0 Å². The van der Waals surface area contributed by atoms with Gasteiger partial charge in [-0.3, -0.25) is 0 Å². The number of benzene rings is 1. The van der Waals surface area contributed by atoms with Gasteiger partial charge in [0.1, 0.15) is 10.5 Å². The molecule has 0 radical (unpaired) electrons. The smallest absolute Gasteiger partial charge is 0.130 e. The Morgan fingerprint density at radius 1 is 1.17 bits per heavy atom. The molecule has 0 fully saturated rings. The highest BCUT2D eigenvalue weighted by Gasteiger charge is 2.17. The van der Waals surface area contributed by atoms with Crippen molar-refractivity contribution in [3.63, 3.8) is 0 Å². The molecule has 1 aromatic carbocycles. The molecule has 18 heavy (non-hydrogen) atoms. The second-order valence-corrected chi connectivity index (χ2v) is 6.09. The second-order valence-electron chi connectivity index (χ2n) is 5.24. The van der Waals surface area contributed by atoms with Crippen LogP contribution in [0.4, 0.5) is 0 Å². The Hall–Kier alpha value is -1.19. The summed E-state index contributed by atoms with van der Waals surface area (Å²) in [5.41, 5.74) is 1.96. The number of rotatable bonds is 1. The zero-order chi connectivity index (χ0) is 13.3. The maximum Gasteiger partial charge on any atom is 0.130 e. The lowest BCUT2D eigenvalue weighted by atomic mass is 9.95.